The normalized spacial score (nSPS) is 12.8. The molecule has 0 spiro atoms. The van der Waals surface area contributed by atoms with Gasteiger partial charge in [0.15, 0.2) is 12.4 Å². The number of esters is 1. The second kappa shape index (κ2) is 10.1. The summed E-state index contributed by atoms with van der Waals surface area (Å²) < 4.78 is 5.20. The minimum atomic E-state index is -0.543. The lowest BCUT2D eigenvalue weighted by molar-refractivity contribution is 0.0474. The minimum Gasteiger partial charge on any atom is -0.454 e. The first-order valence-electron chi connectivity index (χ1n) is 10.4. The van der Waals surface area contributed by atoms with Crippen LogP contribution in [-0.4, -0.2) is 30.4 Å². The van der Waals surface area contributed by atoms with Gasteiger partial charge in [-0.2, -0.15) is 0 Å². The Balaban J connectivity index is 1.50. The molecule has 0 fully saturated rings. The lowest BCUT2D eigenvalue weighted by Gasteiger charge is -2.16. The van der Waals surface area contributed by atoms with E-state index in [9.17, 15) is 14.4 Å². The summed E-state index contributed by atoms with van der Waals surface area (Å²) >= 11 is 0. The quantitative estimate of drug-likeness (QED) is 0.539. The molecule has 2 N–H and O–H groups in total. The molecule has 0 aromatic heterocycles. The minimum absolute atomic E-state index is 0.0613. The van der Waals surface area contributed by atoms with Crippen molar-refractivity contribution in [1.82, 2.24) is 10.6 Å². The Morgan fingerprint density at radius 2 is 1.60 bits per heavy atom. The number of benzene rings is 2. The number of Topliss-reactive ketones (excluding diaryl/α,β-unsaturated/α-hetero) is 1. The molecule has 0 atom stereocenters. The van der Waals surface area contributed by atoms with Crippen molar-refractivity contribution in [2.75, 3.05) is 6.61 Å². The SMILES string of the molecule is CC(C)NC(=O)NCc1ccc(C(=O)OCC(=O)c2ccc3c(c2)CCCC3)cc1. The van der Waals surface area contributed by atoms with Gasteiger partial charge in [0.25, 0.3) is 0 Å². The van der Waals surface area contributed by atoms with Crippen LogP contribution in [0.2, 0.25) is 0 Å². The first-order valence-corrected chi connectivity index (χ1v) is 10.4. The smallest absolute Gasteiger partial charge is 0.338 e. The Labute approximate surface area is 177 Å². The molecule has 158 valence electrons. The van der Waals surface area contributed by atoms with Crippen molar-refractivity contribution < 1.29 is 19.1 Å². The zero-order valence-electron chi connectivity index (χ0n) is 17.5. The second-order valence-electron chi connectivity index (χ2n) is 7.87. The third kappa shape index (κ3) is 5.92. The molecule has 30 heavy (non-hydrogen) atoms. The van der Waals surface area contributed by atoms with Crippen LogP contribution in [0.3, 0.4) is 0 Å². The average molecular weight is 408 g/mol. The van der Waals surface area contributed by atoms with Crippen LogP contribution in [0.25, 0.3) is 0 Å². The number of urea groups is 1. The summed E-state index contributed by atoms with van der Waals surface area (Å²) in [6.45, 7) is 3.84. The van der Waals surface area contributed by atoms with E-state index in [2.05, 4.69) is 10.6 Å². The van der Waals surface area contributed by atoms with Crippen LogP contribution in [0.15, 0.2) is 42.5 Å². The van der Waals surface area contributed by atoms with Gasteiger partial charge in [-0.3, -0.25) is 4.79 Å². The fraction of sp³-hybridized carbons (Fsp3) is 0.375. The number of fused-ring (bicyclic) bond motifs is 1. The molecule has 1 aliphatic rings. The van der Waals surface area contributed by atoms with E-state index in [0.717, 1.165) is 24.8 Å². The molecule has 1 aliphatic carbocycles. The molecule has 2 amide bonds. The first kappa shape index (κ1) is 21.6. The summed E-state index contributed by atoms with van der Waals surface area (Å²) in [5.74, 6) is -0.743. The lowest BCUT2D eigenvalue weighted by atomic mass is 9.90. The van der Waals surface area contributed by atoms with Crippen LogP contribution >= 0.6 is 0 Å². The summed E-state index contributed by atoms with van der Waals surface area (Å²) in [6.07, 6.45) is 4.40. The number of carbonyl (C=O) groups excluding carboxylic acids is 3. The molecule has 0 heterocycles. The van der Waals surface area contributed by atoms with Crippen molar-refractivity contribution in [3.63, 3.8) is 0 Å². The van der Waals surface area contributed by atoms with Crippen LogP contribution in [-0.2, 0) is 24.1 Å². The number of hydrogen-bond donors (Lipinski definition) is 2. The Bertz CT molecular complexity index is 919. The summed E-state index contributed by atoms with van der Waals surface area (Å²) in [4.78, 5) is 36.3. The molecule has 2 aromatic rings. The van der Waals surface area contributed by atoms with E-state index in [4.69, 9.17) is 4.74 Å². The van der Waals surface area contributed by atoms with Gasteiger partial charge in [0, 0.05) is 18.2 Å². The molecule has 0 saturated heterocycles. The fourth-order valence-electron chi connectivity index (χ4n) is 3.46. The van der Waals surface area contributed by atoms with E-state index >= 15 is 0 Å². The maximum atomic E-state index is 12.4. The zero-order chi connectivity index (χ0) is 21.5. The predicted octanol–water partition coefficient (Wildman–Crippen LogP) is 3.81. The van der Waals surface area contributed by atoms with Crippen molar-refractivity contribution in [2.45, 2.75) is 52.1 Å². The van der Waals surface area contributed by atoms with E-state index < -0.39 is 5.97 Å². The molecule has 0 radical (unpaired) electrons. The number of rotatable bonds is 7. The highest BCUT2D eigenvalue weighted by Crippen LogP contribution is 2.22. The molecule has 0 saturated carbocycles. The van der Waals surface area contributed by atoms with Gasteiger partial charge in [-0.25, -0.2) is 9.59 Å². The lowest BCUT2D eigenvalue weighted by Crippen LogP contribution is -2.39. The molecular weight excluding hydrogens is 380 g/mol. The monoisotopic (exact) mass is 408 g/mol. The molecule has 3 rings (SSSR count). The Morgan fingerprint density at radius 1 is 0.933 bits per heavy atom. The van der Waals surface area contributed by atoms with Gasteiger partial charge >= 0.3 is 12.0 Å². The molecule has 6 heteroatoms. The topological polar surface area (TPSA) is 84.5 Å². The van der Waals surface area contributed by atoms with Crippen molar-refractivity contribution in [3.8, 4) is 0 Å². The fourth-order valence-corrected chi connectivity index (χ4v) is 3.46. The van der Waals surface area contributed by atoms with Crippen LogP contribution in [0.5, 0.6) is 0 Å². The molecule has 6 nitrogen and oxygen atoms in total. The van der Waals surface area contributed by atoms with Crippen molar-refractivity contribution in [1.29, 1.82) is 0 Å². The largest absolute Gasteiger partial charge is 0.454 e. The van der Waals surface area contributed by atoms with Gasteiger partial charge in [0.1, 0.15) is 0 Å². The highest BCUT2D eigenvalue weighted by molar-refractivity contribution is 5.99. The number of ketones is 1. The summed E-state index contributed by atoms with van der Waals surface area (Å²) in [5.41, 5.74) is 4.35. The van der Waals surface area contributed by atoms with E-state index in [-0.39, 0.29) is 24.5 Å². The van der Waals surface area contributed by atoms with Gasteiger partial charge in [-0.15, -0.1) is 0 Å². The summed E-state index contributed by atoms with van der Waals surface area (Å²) in [5, 5.41) is 5.49. The van der Waals surface area contributed by atoms with Crippen LogP contribution in [0.1, 0.15) is 64.1 Å². The Morgan fingerprint density at radius 3 is 2.30 bits per heavy atom. The maximum Gasteiger partial charge on any atom is 0.338 e. The summed E-state index contributed by atoms with van der Waals surface area (Å²) in [6, 6.07) is 12.3. The van der Waals surface area contributed by atoms with Crippen molar-refractivity contribution >= 4 is 17.8 Å². The highest BCUT2D eigenvalue weighted by atomic mass is 16.5. The number of nitrogens with one attached hydrogen (secondary N) is 2. The molecule has 2 aromatic carbocycles. The number of hydrogen-bond acceptors (Lipinski definition) is 4. The van der Waals surface area contributed by atoms with Crippen LogP contribution in [0.4, 0.5) is 4.79 Å². The molecule has 0 bridgehead atoms. The number of amides is 2. The number of aryl methyl sites for hydroxylation is 2. The van der Waals surface area contributed by atoms with Gasteiger partial charge in [0.2, 0.25) is 0 Å². The van der Waals surface area contributed by atoms with Crippen LogP contribution in [0, 0.1) is 0 Å². The third-order valence-corrected chi connectivity index (χ3v) is 5.07. The summed E-state index contributed by atoms with van der Waals surface area (Å²) in [7, 11) is 0. The first-order chi connectivity index (χ1) is 14.4. The van der Waals surface area contributed by atoms with Gasteiger partial charge in [-0.1, -0.05) is 24.3 Å². The standard InChI is InChI=1S/C24H28N2O4/c1-16(2)26-24(29)25-14-17-7-9-19(10-8-17)23(28)30-15-22(27)21-12-11-18-5-3-4-6-20(18)13-21/h7-13,16H,3-6,14-15H2,1-2H3,(H2,25,26,29). The highest BCUT2D eigenvalue weighted by Gasteiger charge is 2.15. The van der Waals surface area contributed by atoms with Crippen molar-refractivity contribution in [3.05, 3.63) is 70.3 Å². The third-order valence-electron chi connectivity index (χ3n) is 5.07. The Kier molecular flexibility index (Phi) is 7.22. The molecule has 0 aliphatic heterocycles. The van der Waals surface area contributed by atoms with E-state index in [0.29, 0.717) is 17.7 Å². The van der Waals surface area contributed by atoms with E-state index in [1.807, 2.05) is 32.0 Å². The molecule has 0 unspecified atom stereocenters. The average Bonchev–Trinajstić information content (AvgIpc) is 2.75. The van der Waals surface area contributed by atoms with Gasteiger partial charge < -0.3 is 15.4 Å². The van der Waals surface area contributed by atoms with E-state index in [1.54, 1.807) is 24.3 Å². The predicted molar refractivity (Wildman–Crippen MR) is 115 cm³/mol. The number of carbonyl (C=O) groups is 3. The second-order valence-corrected chi connectivity index (χ2v) is 7.87. The molecular formula is C24H28N2O4. The van der Waals surface area contributed by atoms with Gasteiger partial charge in [-0.05, 0) is 74.4 Å². The van der Waals surface area contributed by atoms with E-state index in [1.165, 1.54) is 17.5 Å². The van der Waals surface area contributed by atoms with Crippen molar-refractivity contribution in [2.24, 2.45) is 0 Å². The number of ether oxygens (including phenoxy) is 1. The zero-order valence-corrected chi connectivity index (χ0v) is 17.5. The van der Waals surface area contributed by atoms with Gasteiger partial charge in [0.05, 0.1) is 5.56 Å². The van der Waals surface area contributed by atoms with Crippen LogP contribution < -0.4 is 10.6 Å². The Hall–Kier alpha value is -3.15. The maximum absolute atomic E-state index is 12.4.